The lowest BCUT2D eigenvalue weighted by Crippen LogP contribution is -2.42. The van der Waals surface area contributed by atoms with Gasteiger partial charge in [0.05, 0.1) is 12.4 Å². The fraction of sp³-hybridized carbons (Fsp3) is 1.00. The zero-order chi connectivity index (χ0) is 9.12. The minimum Gasteiger partial charge on any atom is -0.395 e. The second kappa shape index (κ2) is 3.51. The molecule has 0 saturated carbocycles. The van der Waals surface area contributed by atoms with Gasteiger partial charge in [-0.3, -0.25) is 0 Å². The van der Waals surface area contributed by atoms with Crippen LogP contribution in [0, 0.1) is 0 Å². The van der Waals surface area contributed by atoms with Crippen LogP contribution < -0.4 is 4.72 Å². The van der Waals surface area contributed by atoms with Crippen LogP contribution in [-0.2, 0) is 10.0 Å². The number of sulfonamides is 1. The lowest BCUT2D eigenvalue weighted by Gasteiger charge is -2.19. The Balaban J connectivity index is 4.15. The van der Waals surface area contributed by atoms with Crippen molar-refractivity contribution in [3.63, 3.8) is 0 Å². The molecule has 11 heavy (non-hydrogen) atoms. The summed E-state index contributed by atoms with van der Waals surface area (Å²) in [5.41, 5.74) is -0.464. The summed E-state index contributed by atoms with van der Waals surface area (Å²) in [7, 11) is -3.29. The third-order valence-corrected chi connectivity index (χ3v) is 2.47. The van der Waals surface area contributed by atoms with Crippen LogP contribution in [0.25, 0.3) is 0 Å². The molecular formula is C6H15NO3S. The highest BCUT2D eigenvalue weighted by Crippen LogP contribution is 2.01. The fourth-order valence-electron chi connectivity index (χ4n) is 0.638. The summed E-state index contributed by atoms with van der Waals surface area (Å²) >= 11 is 0. The van der Waals surface area contributed by atoms with Gasteiger partial charge in [0.1, 0.15) is 0 Å². The summed E-state index contributed by atoms with van der Waals surface area (Å²) < 4.78 is 24.4. The number of nitrogens with one attached hydrogen (secondary N) is 1. The van der Waals surface area contributed by atoms with E-state index in [-0.39, 0.29) is 12.4 Å². The van der Waals surface area contributed by atoms with Crippen molar-refractivity contribution < 1.29 is 13.5 Å². The van der Waals surface area contributed by atoms with Crippen molar-refractivity contribution in [2.75, 3.05) is 12.4 Å². The SMILES string of the molecule is CC(C)(C)NS(=O)(=O)CCO. The van der Waals surface area contributed by atoms with Gasteiger partial charge in [-0.15, -0.1) is 0 Å². The summed E-state index contributed by atoms with van der Waals surface area (Å²) in [5.74, 6) is -0.232. The van der Waals surface area contributed by atoms with Crippen LogP contribution in [0.1, 0.15) is 20.8 Å². The zero-order valence-corrected chi connectivity index (χ0v) is 7.90. The number of aliphatic hydroxyl groups excluding tert-OH is 1. The molecule has 0 fully saturated rings. The molecule has 0 amide bonds. The van der Waals surface area contributed by atoms with Gasteiger partial charge in [0, 0.05) is 5.54 Å². The molecule has 4 nitrogen and oxygen atoms in total. The number of hydrogen-bond donors (Lipinski definition) is 2. The molecule has 0 aliphatic heterocycles. The third kappa shape index (κ3) is 6.28. The largest absolute Gasteiger partial charge is 0.395 e. The molecule has 0 radical (unpaired) electrons. The normalized spacial score (nSPS) is 13.5. The summed E-state index contributed by atoms with van der Waals surface area (Å²) in [6.07, 6.45) is 0. The minimum absolute atomic E-state index is 0.232. The van der Waals surface area contributed by atoms with Crippen LogP contribution in [0.15, 0.2) is 0 Å². The molecule has 0 aliphatic carbocycles. The van der Waals surface area contributed by atoms with Gasteiger partial charge < -0.3 is 5.11 Å². The summed E-state index contributed by atoms with van der Waals surface area (Å²) in [6.45, 7) is 4.91. The highest BCUT2D eigenvalue weighted by molar-refractivity contribution is 7.89. The first-order valence-corrected chi connectivity index (χ1v) is 5.04. The zero-order valence-electron chi connectivity index (χ0n) is 7.09. The maximum atomic E-state index is 11.0. The minimum atomic E-state index is -3.29. The Morgan fingerprint density at radius 1 is 1.36 bits per heavy atom. The second-order valence-corrected chi connectivity index (χ2v) is 5.24. The first kappa shape index (κ1) is 10.9. The van der Waals surface area contributed by atoms with Crippen LogP contribution in [0.5, 0.6) is 0 Å². The topological polar surface area (TPSA) is 66.4 Å². The van der Waals surface area contributed by atoms with Gasteiger partial charge in [0.25, 0.3) is 0 Å². The highest BCUT2D eigenvalue weighted by Gasteiger charge is 2.18. The monoisotopic (exact) mass is 181 g/mol. The average molecular weight is 181 g/mol. The van der Waals surface area contributed by atoms with E-state index in [0.29, 0.717) is 0 Å². The third-order valence-electron chi connectivity index (χ3n) is 0.822. The van der Waals surface area contributed by atoms with Crippen molar-refractivity contribution in [1.29, 1.82) is 0 Å². The Morgan fingerprint density at radius 3 is 2.09 bits per heavy atom. The van der Waals surface area contributed by atoms with E-state index in [0.717, 1.165) is 0 Å². The molecule has 0 saturated heterocycles. The molecule has 0 aromatic rings. The van der Waals surface area contributed by atoms with Gasteiger partial charge in [-0.25, -0.2) is 13.1 Å². The first-order valence-electron chi connectivity index (χ1n) is 3.39. The van der Waals surface area contributed by atoms with E-state index >= 15 is 0 Å². The molecule has 0 aliphatic rings. The van der Waals surface area contributed by atoms with E-state index < -0.39 is 15.6 Å². The Kier molecular flexibility index (Phi) is 3.47. The van der Waals surface area contributed by atoms with E-state index in [9.17, 15) is 8.42 Å². The molecule has 5 heteroatoms. The van der Waals surface area contributed by atoms with Crippen LogP contribution in [-0.4, -0.2) is 31.4 Å². The van der Waals surface area contributed by atoms with Gasteiger partial charge >= 0.3 is 0 Å². The molecule has 0 aromatic heterocycles. The second-order valence-electron chi connectivity index (χ2n) is 3.39. The summed E-state index contributed by atoms with van der Waals surface area (Å²) in [4.78, 5) is 0. The lowest BCUT2D eigenvalue weighted by atomic mass is 10.1. The summed E-state index contributed by atoms with van der Waals surface area (Å²) in [6, 6.07) is 0. The molecule has 0 heterocycles. The number of rotatable bonds is 3. The van der Waals surface area contributed by atoms with Crippen LogP contribution in [0.2, 0.25) is 0 Å². The molecule has 0 bridgehead atoms. The van der Waals surface area contributed by atoms with E-state index in [2.05, 4.69) is 4.72 Å². The van der Waals surface area contributed by atoms with E-state index in [1.165, 1.54) is 0 Å². The van der Waals surface area contributed by atoms with Crippen molar-refractivity contribution in [1.82, 2.24) is 4.72 Å². The molecule has 0 unspecified atom stereocenters. The highest BCUT2D eigenvalue weighted by atomic mass is 32.2. The Morgan fingerprint density at radius 2 is 1.82 bits per heavy atom. The van der Waals surface area contributed by atoms with E-state index in [1.54, 1.807) is 20.8 Å². The van der Waals surface area contributed by atoms with Gasteiger partial charge in [0.2, 0.25) is 10.0 Å². The number of hydrogen-bond acceptors (Lipinski definition) is 3. The van der Waals surface area contributed by atoms with Gasteiger partial charge in [-0.2, -0.15) is 0 Å². The quantitative estimate of drug-likeness (QED) is 0.628. The molecule has 0 aromatic carbocycles. The van der Waals surface area contributed by atoms with Crippen molar-refractivity contribution >= 4 is 10.0 Å². The maximum absolute atomic E-state index is 11.0. The van der Waals surface area contributed by atoms with Crippen molar-refractivity contribution in [2.24, 2.45) is 0 Å². The molecule has 0 spiro atoms. The van der Waals surface area contributed by atoms with Crippen LogP contribution >= 0.6 is 0 Å². The van der Waals surface area contributed by atoms with Crippen molar-refractivity contribution in [2.45, 2.75) is 26.3 Å². The van der Waals surface area contributed by atoms with Gasteiger partial charge in [-0.05, 0) is 20.8 Å². The maximum Gasteiger partial charge on any atom is 0.214 e. The fourth-order valence-corrected chi connectivity index (χ4v) is 1.91. The van der Waals surface area contributed by atoms with E-state index in [4.69, 9.17) is 5.11 Å². The molecule has 2 N–H and O–H groups in total. The van der Waals surface area contributed by atoms with Crippen molar-refractivity contribution in [3.05, 3.63) is 0 Å². The van der Waals surface area contributed by atoms with Crippen LogP contribution in [0.4, 0.5) is 0 Å². The molecule has 68 valence electrons. The predicted octanol–water partition coefficient (Wildman–Crippen LogP) is -0.303. The lowest BCUT2D eigenvalue weighted by molar-refractivity contribution is 0.318. The molecule has 0 rings (SSSR count). The summed E-state index contributed by atoms with van der Waals surface area (Å²) in [5, 5.41) is 8.38. The smallest absolute Gasteiger partial charge is 0.214 e. The van der Waals surface area contributed by atoms with Gasteiger partial charge in [-0.1, -0.05) is 0 Å². The van der Waals surface area contributed by atoms with Gasteiger partial charge in [0.15, 0.2) is 0 Å². The number of aliphatic hydroxyl groups is 1. The Bertz CT molecular complexity index is 202. The van der Waals surface area contributed by atoms with Crippen LogP contribution in [0.3, 0.4) is 0 Å². The Hall–Kier alpha value is -0.130. The van der Waals surface area contributed by atoms with E-state index in [1.807, 2.05) is 0 Å². The first-order chi connectivity index (χ1) is 4.77. The molecular weight excluding hydrogens is 166 g/mol. The standard InChI is InChI=1S/C6H15NO3S/c1-6(2,3)7-11(9,10)5-4-8/h7-8H,4-5H2,1-3H3. The average Bonchev–Trinajstić information content (AvgIpc) is 1.55. The Labute approximate surface area is 67.7 Å². The van der Waals surface area contributed by atoms with Crippen molar-refractivity contribution in [3.8, 4) is 0 Å². The molecule has 0 atom stereocenters. The predicted molar refractivity (Wildman–Crippen MR) is 43.8 cm³/mol.